The Morgan fingerprint density at radius 3 is 2.31 bits per heavy atom. The molecule has 0 aliphatic carbocycles. The number of piperazine rings is 1. The number of rotatable bonds is 8. The van der Waals surface area contributed by atoms with E-state index in [0.29, 0.717) is 37.6 Å². The Morgan fingerprint density at radius 2 is 1.66 bits per heavy atom. The van der Waals surface area contributed by atoms with E-state index < -0.39 is 15.4 Å². The molecule has 0 unspecified atom stereocenters. The first-order valence-electron chi connectivity index (χ1n) is 12.5. The first-order valence-corrected chi connectivity index (χ1v) is 14.0. The van der Waals surface area contributed by atoms with Gasteiger partial charge in [-0.2, -0.15) is 4.31 Å². The Hall–Kier alpha value is -2.42. The van der Waals surface area contributed by atoms with Crippen molar-refractivity contribution in [2.24, 2.45) is 5.41 Å². The second-order valence-electron chi connectivity index (χ2n) is 9.90. The van der Waals surface area contributed by atoms with Crippen molar-refractivity contribution < 1.29 is 17.9 Å². The standard InChI is InChI=1S/C27H37N3O4S/c1-3-23-10-12-25(13-11-23)35(32,33)30-15-7-14-27(21-30,22-34-24-8-5-4-6-9-24)20-26(31)29-18-16-28(2)17-19-29/h4-6,8-13H,3,7,14-22H2,1-2H3/t27-/m1/s1. The van der Waals surface area contributed by atoms with E-state index in [-0.39, 0.29) is 18.9 Å². The number of aryl methyl sites for hydroxylation is 1. The molecule has 2 aliphatic heterocycles. The lowest BCUT2D eigenvalue weighted by Gasteiger charge is -2.43. The molecule has 0 N–H and O–H groups in total. The predicted molar refractivity (Wildman–Crippen MR) is 137 cm³/mol. The lowest BCUT2D eigenvalue weighted by Crippen LogP contribution is -2.53. The first kappa shape index (κ1) is 25.7. The molecule has 2 aromatic carbocycles. The van der Waals surface area contributed by atoms with Gasteiger partial charge in [0.15, 0.2) is 0 Å². The maximum atomic E-state index is 13.6. The molecule has 0 spiro atoms. The average Bonchev–Trinajstić information content (AvgIpc) is 2.88. The number of ether oxygens (including phenoxy) is 1. The third-order valence-electron chi connectivity index (χ3n) is 7.27. The van der Waals surface area contributed by atoms with Gasteiger partial charge in [-0.15, -0.1) is 0 Å². The Morgan fingerprint density at radius 1 is 0.971 bits per heavy atom. The number of nitrogens with zero attached hydrogens (tertiary/aromatic N) is 3. The topological polar surface area (TPSA) is 70.2 Å². The van der Waals surface area contributed by atoms with Crippen LogP contribution in [0.4, 0.5) is 0 Å². The van der Waals surface area contributed by atoms with Crippen molar-refractivity contribution in [1.82, 2.24) is 14.1 Å². The maximum Gasteiger partial charge on any atom is 0.243 e. The monoisotopic (exact) mass is 499 g/mol. The number of likely N-dealkylation sites (N-methyl/N-ethyl adjacent to an activating group) is 1. The lowest BCUT2D eigenvalue weighted by molar-refractivity contribution is -0.136. The Kier molecular flexibility index (Phi) is 8.14. The summed E-state index contributed by atoms with van der Waals surface area (Å²) in [6.07, 6.45) is 2.59. The summed E-state index contributed by atoms with van der Waals surface area (Å²) in [5.41, 5.74) is 0.524. The van der Waals surface area contributed by atoms with Crippen molar-refractivity contribution in [2.45, 2.75) is 37.5 Å². The number of hydrogen-bond acceptors (Lipinski definition) is 5. The van der Waals surface area contributed by atoms with Crippen LogP contribution in [-0.2, 0) is 21.2 Å². The average molecular weight is 500 g/mol. The van der Waals surface area contributed by atoms with Crippen molar-refractivity contribution in [2.75, 3.05) is 52.9 Å². The highest BCUT2D eigenvalue weighted by Gasteiger charge is 2.43. The van der Waals surface area contributed by atoms with E-state index >= 15 is 0 Å². The lowest BCUT2D eigenvalue weighted by atomic mass is 9.78. The van der Waals surface area contributed by atoms with E-state index in [1.54, 1.807) is 16.4 Å². The molecular weight excluding hydrogens is 462 g/mol. The summed E-state index contributed by atoms with van der Waals surface area (Å²) in [4.78, 5) is 17.8. The van der Waals surface area contributed by atoms with Gasteiger partial charge in [-0.3, -0.25) is 4.79 Å². The van der Waals surface area contributed by atoms with Gasteiger partial charge in [-0.25, -0.2) is 8.42 Å². The molecule has 4 rings (SSSR count). The Labute approximate surface area is 209 Å². The van der Waals surface area contributed by atoms with Crippen LogP contribution in [0.5, 0.6) is 5.75 Å². The van der Waals surface area contributed by atoms with Crippen molar-refractivity contribution >= 4 is 15.9 Å². The zero-order chi connectivity index (χ0) is 24.9. The van der Waals surface area contributed by atoms with Gasteiger partial charge in [0.05, 0.1) is 11.5 Å². The largest absolute Gasteiger partial charge is 0.493 e. The van der Waals surface area contributed by atoms with Crippen molar-refractivity contribution in [1.29, 1.82) is 0 Å². The molecule has 35 heavy (non-hydrogen) atoms. The molecule has 2 aromatic rings. The predicted octanol–water partition coefficient (Wildman–Crippen LogP) is 3.26. The molecule has 1 atom stereocenters. The second-order valence-corrected chi connectivity index (χ2v) is 11.8. The number of carbonyl (C=O) groups is 1. The third kappa shape index (κ3) is 6.23. The van der Waals surface area contributed by atoms with Gasteiger partial charge in [0, 0.05) is 51.1 Å². The van der Waals surface area contributed by atoms with E-state index in [2.05, 4.69) is 11.9 Å². The van der Waals surface area contributed by atoms with Crippen LogP contribution in [0.15, 0.2) is 59.5 Å². The fourth-order valence-electron chi connectivity index (χ4n) is 4.97. The molecule has 2 saturated heterocycles. The summed E-state index contributed by atoms with van der Waals surface area (Å²) in [6.45, 7) is 6.20. The molecule has 0 saturated carbocycles. The van der Waals surface area contributed by atoms with Gasteiger partial charge in [0.2, 0.25) is 15.9 Å². The second kappa shape index (κ2) is 11.1. The molecule has 190 valence electrons. The van der Waals surface area contributed by atoms with Gasteiger partial charge in [0.25, 0.3) is 0 Å². The normalized spacial score (nSPS) is 22.2. The molecular formula is C27H37N3O4S. The molecule has 2 aliphatic rings. The van der Waals surface area contributed by atoms with Crippen molar-refractivity contribution in [3.63, 3.8) is 0 Å². The highest BCUT2D eigenvalue weighted by Crippen LogP contribution is 2.37. The molecule has 2 heterocycles. The number of sulfonamides is 1. The van der Waals surface area contributed by atoms with Gasteiger partial charge in [-0.05, 0) is 56.1 Å². The smallest absolute Gasteiger partial charge is 0.243 e. The molecule has 0 radical (unpaired) electrons. The van der Waals surface area contributed by atoms with Crippen LogP contribution in [0.25, 0.3) is 0 Å². The summed E-state index contributed by atoms with van der Waals surface area (Å²) in [7, 11) is -1.60. The van der Waals surface area contributed by atoms with Crippen LogP contribution in [0.1, 0.15) is 31.7 Å². The molecule has 8 heteroatoms. The minimum absolute atomic E-state index is 0.0845. The summed E-state index contributed by atoms with van der Waals surface area (Å²) in [6, 6.07) is 16.7. The molecule has 0 aromatic heterocycles. The summed E-state index contributed by atoms with van der Waals surface area (Å²) < 4.78 is 34.8. The number of benzene rings is 2. The van der Waals surface area contributed by atoms with E-state index in [0.717, 1.165) is 37.2 Å². The maximum absolute atomic E-state index is 13.6. The van der Waals surface area contributed by atoms with Crippen molar-refractivity contribution in [3.05, 3.63) is 60.2 Å². The summed E-state index contributed by atoms with van der Waals surface area (Å²) in [5.74, 6) is 0.815. The molecule has 1 amide bonds. The Balaban J connectivity index is 1.55. The van der Waals surface area contributed by atoms with Crippen LogP contribution in [0.2, 0.25) is 0 Å². The number of para-hydroxylation sites is 1. The zero-order valence-electron chi connectivity index (χ0n) is 20.9. The van der Waals surface area contributed by atoms with E-state index in [1.165, 1.54) is 0 Å². The van der Waals surface area contributed by atoms with Gasteiger partial charge in [0.1, 0.15) is 5.75 Å². The van der Waals surface area contributed by atoms with Crippen LogP contribution < -0.4 is 4.74 Å². The number of hydrogen-bond donors (Lipinski definition) is 0. The number of piperidine rings is 1. The molecule has 7 nitrogen and oxygen atoms in total. The zero-order valence-corrected chi connectivity index (χ0v) is 21.7. The van der Waals surface area contributed by atoms with E-state index in [9.17, 15) is 13.2 Å². The van der Waals surface area contributed by atoms with Crippen LogP contribution in [0, 0.1) is 5.41 Å². The minimum atomic E-state index is -3.66. The van der Waals surface area contributed by atoms with Gasteiger partial charge >= 0.3 is 0 Å². The van der Waals surface area contributed by atoms with Gasteiger partial charge in [-0.1, -0.05) is 37.3 Å². The Bertz CT molecular complexity index is 1080. The van der Waals surface area contributed by atoms with Crippen LogP contribution in [0.3, 0.4) is 0 Å². The molecule has 2 fully saturated rings. The first-order chi connectivity index (χ1) is 16.8. The summed E-state index contributed by atoms with van der Waals surface area (Å²) >= 11 is 0. The van der Waals surface area contributed by atoms with Gasteiger partial charge < -0.3 is 14.5 Å². The van der Waals surface area contributed by atoms with Crippen LogP contribution in [-0.4, -0.2) is 81.4 Å². The third-order valence-corrected chi connectivity index (χ3v) is 9.13. The fraction of sp³-hybridized carbons (Fsp3) is 0.519. The highest BCUT2D eigenvalue weighted by molar-refractivity contribution is 7.89. The SMILES string of the molecule is CCc1ccc(S(=O)(=O)N2CCC[C@@](COc3ccccc3)(CC(=O)N3CCN(C)CC3)C2)cc1. The minimum Gasteiger partial charge on any atom is -0.493 e. The van der Waals surface area contributed by atoms with Crippen molar-refractivity contribution in [3.8, 4) is 5.75 Å². The molecule has 0 bridgehead atoms. The highest BCUT2D eigenvalue weighted by atomic mass is 32.2. The number of carbonyl (C=O) groups excluding carboxylic acids is 1. The van der Waals surface area contributed by atoms with E-state index in [1.807, 2.05) is 54.3 Å². The van der Waals surface area contributed by atoms with Crippen LogP contribution >= 0.6 is 0 Å². The number of amides is 1. The fourth-order valence-corrected chi connectivity index (χ4v) is 6.56. The van der Waals surface area contributed by atoms with E-state index in [4.69, 9.17) is 4.74 Å². The quantitative estimate of drug-likeness (QED) is 0.558. The summed E-state index contributed by atoms with van der Waals surface area (Å²) in [5, 5.41) is 0.